The molecule has 4 rings (SSSR count). The second-order valence-electron chi connectivity index (χ2n) is 8.60. The molecule has 186 valence electrons. The van der Waals surface area contributed by atoms with Crippen LogP contribution in [0.4, 0.5) is 11.4 Å². The number of para-hydroxylation sites is 1. The first kappa shape index (κ1) is 24.7. The van der Waals surface area contributed by atoms with Gasteiger partial charge in [0.1, 0.15) is 18.1 Å². The van der Waals surface area contributed by atoms with Gasteiger partial charge in [-0.1, -0.05) is 30.3 Å². The van der Waals surface area contributed by atoms with E-state index in [-0.39, 0.29) is 17.5 Å². The van der Waals surface area contributed by atoms with E-state index in [4.69, 9.17) is 4.74 Å². The summed E-state index contributed by atoms with van der Waals surface area (Å²) in [6.07, 6.45) is 3.07. The van der Waals surface area contributed by atoms with Crippen LogP contribution in [0.2, 0.25) is 0 Å². The number of amides is 2. The summed E-state index contributed by atoms with van der Waals surface area (Å²) >= 11 is 0. The Morgan fingerprint density at radius 3 is 2.14 bits per heavy atom. The normalized spacial score (nSPS) is 10.8. The van der Waals surface area contributed by atoms with Gasteiger partial charge in [-0.25, -0.2) is 0 Å². The number of ether oxygens (including phenoxy) is 1. The van der Waals surface area contributed by atoms with Crippen molar-refractivity contribution in [1.29, 1.82) is 0 Å². The first-order chi connectivity index (χ1) is 17.3. The summed E-state index contributed by atoms with van der Waals surface area (Å²) in [5.74, 6) is 0.166. The highest BCUT2D eigenvalue weighted by molar-refractivity contribution is 6.11. The second kappa shape index (κ2) is 10.5. The first-order valence-electron chi connectivity index (χ1n) is 11.7. The molecule has 0 unspecified atom stereocenters. The summed E-state index contributed by atoms with van der Waals surface area (Å²) in [5, 5.41) is 14.1. The van der Waals surface area contributed by atoms with E-state index in [0.717, 1.165) is 28.1 Å². The Morgan fingerprint density at radius 1 is 0.889 bits per heavy atom. The molecule has 0 radical (unpaired) electrons. The third-order valence-corrected chi connectivity index (χ3v) is 6.09. The Morgan fingerprint density at radius 2 is 1.53 bits per heavy atom. The number of carbonyl (C=O) groups excluding carboxylic acids is 2. The van der Waals surface area contributed by atoms with Crippen LogP contribution in [-0.4, -0.2) is 31.4 Å². The summed E-state index contributed by atoms with van der Waals surface area (Å²) in [6, 6.07) is 13.2. The number of aromatic nitrogens is 4. The highest BCUT2D eigenvalue weighted by Crippen LogP contribution is 2.24. The van der Waals surface area contributed by atoms with E-state index >= 15 is 0 Å². The SMILES string of the molecule is CCn1ncc(NC(=O)c2ccc(COc3c(C)cccc3C)cc2)c1C(=O)Nc1cnn(C)c1C. The molecule has 0 saturated heterocycles. The standard InChI is InChI=1S/C27H30N6O3/c1-6-33-24(27(35)30-22-14-28-32(5)19(22)4)23(15-29-33)31-26(34)21-12-10-20(11-13-21)16-36-25-17(2)8-7-9-18(25)3/h7-15H,6,16H2,1-5H3,(H,30,35)(H,31,34). The van der Waals surface area contributed by atoms with Crippen LogP contribution in [0, 0.1) is 20.8 Å². The van der Waals surface area contributed by atoms with E-state index in [9.17, 15) is 9.59 Å². The number of anilines is 2. The fourth-order valence-electron chi connectivity index (χ4n) is 3.89. The molecule has 0 bridgehead atoms. The quantitative estimate of drug-likeness (QED) is 0.378. The molecule has 9 heteroatoms. The molecule has 0 aliphatic heterocycles. The summed E-state index contributed by atoms with van der Waals surface area (Å²) in [7, 11) is 1.80. The van der Waals surface area contributed by atoms with Crippen LogP contribution in [0.5, 0.6) is 5.75 Å². The molecule has 0 saturated carbocycles. The number of hydrogen-bond acceptors (Lipinski definition) is 5. The third kappa shape index (κ3) is 5.14. The van der Waals surface area contributed by atoms with Gasteiger partial charge in [-0.2, -0.15) is 10.2 Å². The third-order valence-electron chi connectivity index (χ3n) is 6.09. The number of benzene rings is 2. The number of carbonyl (C=O) groups is 2. The Bertz CT molecular complexity index is 1380. The number of rotatable bonds is 8. The smallest absolute Gasteiger partial charge is 0.276 e. The average Bonchev–Trinajstić information content (AvgIpc) is 3.42. The van der Waals surface area contributed by atoms with Gasteiger partial charge in [0.05, 0.1) is 29.5 Å². The van der Waals surface area contributed by atoms with E-state index in [2.05, 4.69) is 20.8 Å². The lowest BCUT2D eigenvalue weighted by molar-refractivity contribution is 0.101. The predicted octanol–water partition coefficient (Wildman–Crippen LogP) is 4.65. The number of nitrogens with one attached hydrogen (secondary N) is 2. The summed E-state index contributed by atoms with van der Waals surface area (Å²) in [5.41, 5.74) is 5.59. The van der Waals surface area contributed by atoms with Gasteiger partial charge in [0, 0.05) is 19.2 Å². The van der Waals surface area contributed by atoms with Gasteiger partial charge >= 0.3 is 0 Å². The summed E-state index contributed by atoms with van der Waals surface area (Å²) in [4.78, 5) is 26.0. The Balaban J connectivity index is 1.45. The van der Waals surface area contributed by atoms with Crippen molar-refractivity contribution in [1.82, 2.24) is 19.6 Å². The lowest BCUT2D eigenvalue weighted by Crippen LogP contribution is -2.21. The molecule has 2 aromatic heterocycles. The fourth-order valence-corrected chi connectivity index (χ4v) is 3.89. The van der Waals surface area contributed by atoms with E-state index in [1.165, 1.54) is 6.20 Å². The Hall–Kier alpha value is -4.40. The van der Waals surface area contributed by atoms with Gasteiger partial charge in [0.25, 0.3) is 11.8 Å². The zero-order chi connectivity index (χ0) is 25.8. The van der Waals surface area contributed by atoms with Crippen molar-refractivity contribution in [2.75, 3.05) is 10.6 Å². The monoisotopic (exact) mass is 486 g/mol. The van der Waals surface area contributed by atoms with Crippen LogP contribution in [0.25, 0.3) is 0 Å². The van der Waals surface area contributed by atoms with Gasteiger partial charge in [0.2, 0.25) is 0 Å². The van der Waals surface area contributed by atoms with Crippen molar-refractivity contribution in [3.05, 3.63) is 88.5 Å². The predicted molar refractivity (Wildman–Crippen MR) is 138 cm³/mol. The van der Waals surface area contributed by atoms with Crippen molar-refractivity contribution >= 4 is 23.2 Å². The molecular weight excluding hydrogens is 456 g/mol. The van der Waals surface area contributed by atoms with Gasteiger partial charge in [0.15, 0.2) is 0 Å². The van der Waals surface area contributed by atoms with Gasteiger partial charge in [-0.3, -0.25) is 19.0 Å². The molecule has 0 aliphatic rings. The van der Waals surface area contributed by atoms with Crippen LogP contribution in [-0.2, 0) is 20.2 Å². The van der Waals surface area contributed by atoms with Crippen molar-refractivity contribution < 1.29 is 14.3 Å². The van der Waals surface area contributed by atoms with Crippen molar-refractivity contribution in [2.24, 2.45) is 7.05 Å². The highest BCUT2D eigenvalue weighted by atomic mass is 16.5. The maximum absolute atomic E-state index is 13.1. The molecule has 0 fully saturated rings. The van der Waals surface area contributed by atoms with E-state index in [0.29, 0.717) is 30.1 Å². The molecule has 36 heavy (non-hydrogen) atoms. The molecule has 0 spiro atoms. The fraction of sp³-hybridized carbons (Fsp3) is 0.259. The largest absolute Gasteiger partial charge is 0.488 e. The number of aryl methyl sites for hydroxylation is 4. The lowest BCUT2D eigenvalue weighted by Gasteiger charge is -2.12. The maximum atomic E-state index is 13.1. The van der Waals surface area contributed by atoms with Crippen molar-refractivity contribution in [3.63, 3.8) is 0 Å². The average molecular weight is 487 g/mol. The molecule has 2 N–H and O–H groups in total. The minimum absolute atomic E-state index is 0.271. The van der Waals surface area contributed by atoms with Gasteiger partial charge in [-0.05, 0) is 56.5 Å². The van der Waals surface area contributed by atoms with Crippen molar-refractivity contribution in [3.8, 4) is 5.75 Å². The molecule has 0 aliphatic carbocycles. The summed E-state index contributed by atoms with van der Waals surface area (Å²) < 4.78 is 9.22. The molecule has 0 atom stereocenters. The van der Waals surface area contributed by atoms with Crippen LogP contribution in [0.15, 0.2) is 54.9 Å². The molecule has 2 aromatic carbocycles. The zero-order valence-electron chi connectivity index (χ0n) is 21.1. The van der Waals surface area contributed by atoms with Crippen LogP contribution in [0.1, 0.15) is 50.2 Å². The minimum atomic E-state index is -0.375. The highest BCUT2D eigenvalue weighted by Gasteiger charge is 2.21. The second-order valence-corrected chi connectivity index (χ2v) is 8.60. The van der Waals surface area contributed by atoms with Crippen molar-refractivity contribution in [2.45, 2.75) is 40.8 Å². The molecule has 2 heterocycles. The molecule has 4 aromatic rings. The maximum Gasteiger partial charge on any atom is 0.276 e. The Labute approximate surface area is 210 Å². The molecule has 9 nitrogen and oxygen atoms in total. The van der Waals surface area contributed by atoms with Gasteiger partial charge in [-0.15, -0.1) is 0 Å². The van der Waals surface area contributed by atoms with E-state index in [1.54, 1.807) is 34.7 Å². The minimum Gasteiger partial charge on any atom is -0.488 e. The van der Waals surface area contributed by atoms with Crippen LogP contribution < -0.4 is 15.4 Å². The lowest BCUT2D eigenvalue weighted by atomic mass is 10.1. The first-order valence-corrected chi connectivity index (χ1v) is 11.7. The topological polar surface area (TPSA) is 103 Å². The Kier molecular flexibility index (Phi) is 7.19. The van der Waals surface area contributed by atoms with Crippen LogP contribution >= 0.6 is 0 Å². The molecular formula is C27H30N6O3. The van der Waals surface area contributed by atoms with Gasteiger partial charge < -0.3 is 15.4 Å². The number of hydrogen-bond donors (Lipinski definition) is 2. The zero-order valence-corrected chi connectivity index (χ0v) is 21.1. The summed E-state index contributed by atoms with van der Waals surface area (Å²) in [6.45, 7) is 8.64. The van der Waals surface area contributed by atoms with Crippen LogP contribution in [0.3, 0.4) is 0 Å². The number of nitrogens with zero attached hydrogens (tertiary/aromatic N) is 4. The molecule has 2 amide bonds. The van der Waals surface area contributed by atoms with E-state index < -0.39 is 0 Å². The van der Waals surface area contributed by atoms with E-state index in [1.807, 2.05) is 58.0 Å².